The Labute approximate surface area is 103 Å². The van der Waals surface area contributed by atoms with E-state index in [0.29, 0.717) is 5.56 Å². The second-order valence-electron chi connectivity index (χ2n) is 3.53. The lowest BCUT2D eigenvalue weighted by Crippen LogP contribution is -1.97. The van der Waals surface area contributed by atoms with Gasteiger partial charge in [0.2, 0.25) is 0 Å². The summed E-state index contributed by atoms with van der Waals surface area (Å²) < 4.78 is 1.61. The van der Waals surface area contributed by atoms with Gasteiger partial charge in [0.05, 0.1) is 11.9 Å². The third-order valence-electron chi connectivity index (χ3n) is 2.29. The van der Waals surface area contributed by atoms with Crippen LogP contribution >= 0.6 is 0 Å². The maximum Gasteiger partial charge on any atom is 0.346 e. The number of hydrogen-bond donors (Lipinski definition) is 1. The normalized spacial score (nSPS) is 10.9. The zero-order valence-corrected chi connectivity index (χ0v) is 9.32. The fourth-order valence-electron chi connectivity index (χ4n) is 1.44. The second kappa shape index (κ2) is 4.97. The van der Waals surface area contributed by atoms with Gasteiger partial charge in [0, 0.05) is 11.8 Å². The van der Waals surface area contributed by atoms with Gasteiger partial charge in [0.15, 0.2) is 0 Å². The molecule has 0 spiro atoms. The van der Waals surface area contributed by atoms with Crippen molar-refractivity contribution in [2.75, 3.05) is 0 Å². The molecule has 5 heteroatoms. The molecule has 0 amide bonds. The molecule has 0 saturated carbocycles. The number of para-hydroxylation sites is 1. The van der Waals surface area contributed by atoms with Crippen molar-refractivity contribution in [3.63, 3.8) is 0 Å². The summed E-state index contributed by atoms with van der Waals surface area (Å²) in [5.74, 6) is -1.25. The lowest BCUT2D eigenvalue weighted by Gasteiger charge is -1.98. The third kappa shape index (κ3) is 2.44. The largest absolute Gasteiger partial charge is 0.477 e. The Morgan fingerprint density at radius 2 is 2.11 bits per heavy atom. The zero-order valence-electron chi connectivity index (χ0n) is 9.32. The number of aromatic nitrogens is 2. The quantitative estimate of drug-likeness (QED) is 0.655. The molecule has 2 aromatic rings. The van der Waals surface area contributed by atoms with Crippen molar-refractivity contribution in [1.82, 2.24) is 9.78 Å². The molecule has 1 aromatic heterocycles. The summed E-state index contributed by atoms with van der Waals surface area (Å²) in [5.41, 5.74) is 1.12. The number of hydrogen-bond acceptors (Lipinski definition) is 3. The molecule has 0 radical (unpaired) electrons. The fraction of sp³-hybridized carbons (Fsp3) is 0. The molecular weight excluding hydrogens is 230 g/mol. The molecule has 0 saturated heterocycles. The van der Waals surface area contributed by atoms with E-state index in [1.165, 1.54) is 12.3 Å². The van der Waals surface area contributed by atoms with E-state index in [9.17, 15) is 4.79 Å². The molecule has 0 bridgehead atoms. The lowest BCUT2D eigenvalue weighted by molar-refractivity contribution is -0.132. The van der Waals surface area contributed by atoms with Crippen molar-refractivity contribution in [1.29, 1.82) is 5.26 Å². The van der Waals surface area contributed by atoms with Crippen LogP contribution in [0, 0.1) is 11.3 Å². The molecule has 0 aliphatic heterocycles. The number of benzene rings is 1. The highest BCUT2D eigenvalue weighted by Gasteiger charge is 2.06. The first-order valence-electron chi connectivity index (χ1n) is 5.16. The molecule has 0 aliphatic carbocycles. The van der Waals surface area contributed by atoms with Crippen LogP contribution in [0.5, 0.6) is 0 Å². The predicted octanol–water partition coefficient (Wildman–Crippen LogP) is 1.86. The Morgan fingerprint density at radius 1 is 1.39 bits per heavy atom. The summed E-state index contributed by atoms with van der Waals surface area (Å²) in [7, 11) is 0. The van der Waals surface area contributed by atoms with Gasteiger partial charge in [-0.05, 0) is 18.2 Å². The van der Waals surface area contributed by atoms with Crippen LogP contribution in [0.4, 0.5) is 0 Å². The van der Waals surface area contributed by atoms with Gasteiger partial charge in [0.1, 0.15) is 11.6 Å². The van der Waals surface area contributed by atoms with Gasteiger partial charge in [-0.15, -0.1) is 0 Å². The minimum absolute atomic E-state index is 0.317. The van der Waals surface area contributed by atoms with E-state index in [1.54, 1.807) is 16.9 Å². The second-order valence-corrected chi connectivity index (χ2v) is 3.53. The number of carboxylic acid groups (broad SMARTS) is 1. The smallest absolute Gasteiger partial charge is 0.346 e. The highest BCUT2D eigenvalue weighted by Crippen LogP contribution is 2.10. The first-order valence-corrected chi connectivity index (χ1v) is 5.16. The monoisotopic (exact) mass is 239 g/mol. The van der Waals surface area contributed by atoms with Crippen LogP contribution in [0.2, 0.25) is 0 Å². The lowest BCUT2D eigenvalue weighted by atomic mass is 10.2. The van der Waals surface area contributed by atoms with Crippen LogP contribution < -0.4 is 0 Å². The Morgan fingerprint density at radius 3 is 2.72 bits per heavy atom. The Kier molecular flexibility index (Phi) is 3.21. The van der Waals surface area contributed by atoms with Crippen LogP contribution in [-0.4, -0.2) is 20.9 Å². The molecule has 5 nitrogen and oxygen atoms in total. The van der Waals surface area contributed by atoms with Crippen molar-refractivity contribution in [3.05, 3.63) is 53.9 Å². The maximum atomic E-state index is 10.7. The van der Waals surface area contributed by atoms with E-state index >= 15 is 0 Å². The topological polar surface area (TPSA) is 78.9 Å². The third-order valence-corrected chi connectivity index (χ3v) is 2.29. The molecule has 0 unspecified atom stereocenters. The summed E-state index contributed by atoms with van der Waals surface area (Å²) in [4.78, 5) is 10.7. The number of nitrogens with zero attached hydrogens (tertiary/aromatic N) is 3. The molecule has 0 atom stereocenters. The molecule has 1 heterocycles. The van der Waals surface area contributed by atoms with E-state index in [0.717, 1.165) is 5.69 Å². The number of carboxylic acids is 1. The van der Waals surface area contributed by atoms with Crippen LogP contribution in [0.3, 0.4) is 0 Å². The Bertz CT molecular complexity index is 636. The number of rotatable bonds is 3. The van der Waals surface area contributed by atoms with Gasteiger partial charge < -0.3 is 5.11 Å². The van der Waals surface area contributed by atoms with E-state index in [-0.39, 0.29) is 5.57 Å². The first-order chi connectivity index (χ1) is 8.70. The van der Waals surface area contributed by atoms with E-state index < -0.39 is 5.97 Å². The standard InChI is InChI=1S/C13H9N3O2/c14-7-11(13(17)18)6-10-8-15-16(9-10)12-4-2-1-3-5-12/h1-6,8-9H,(H,17,18). The van der Waals surface area contributed by atoms with Gasteiger partial charge in [-0.25, -0.2) is 9.48 Å². The minimum Gasteiger partial charge on any atom is -0.477 e. The molecule has 0 aliphatic rings. The maximum absolute atomic E-state index is 10.7. The van der Waals surface area contributed by atoms with Crippen LogP contribution in [0.1, 0.15) is 5.56 Å². The van der Waals surface area contributed by atoms with Crippen molar-refractivity contribution in [2.24, 2.45) is 0 Å². The minimum atomic E-state index is -1.25. The number of carbonyl (C=O) groups is 1. The van der Waals surface area contributed by atoms with Crippen molar-refractivity contribution >= 4 is 12.0 Å². The summed E-state index contributed by atoms with van der Waals surface area (Å²) in [6.45, 7) is 0. The van der Waals surface area contributed by atoms with Gasteiger partial charge in [0.25, 0.3) is 0 Å². The van der Waals surface area contributed by atoms with Crippen molar-refractivity contribution in [3.8, 4) is 11.8 Å². The van der Waals surface area contributed by atoms with E-state index in [1.807, 2.05) is 30.3 Å². The molecular formula is C13H9N3O2. The Balaban J connectivity index is 2.33. The number of aliphatic carboxylic acids is 1. The summed E-state index contributed by atoms with van der Waals surface area (Å²) in [6, 6.07) is 11.0. The average molecular weight is 239 g/mol. The molecule has 1 aromatic carbocycles. The average Bonchev–Trinajstić information content (AvgIpc) is 2.85. The van der Waals surface area contributed by atoms with E-state index in [4.69, 9.17) is 10.4 Å². The van der Waals surface area contributed by atoms with E-state index in [2.05, 4.69) is 5.10 Å². The molecule has 1 N–H and O–H groups in total. The highest BCUT2D eigenvalue weighted by molar-refractivity contribution is 5.96. The van der Waals surface area contributed by atoms with Gasteiger partial charge in [-0.3, -0.25) is 0 Å². The van der Waals surface area contributed by atoms with Crippen LogP contribution in [0.15, 0.2) is 48.3 Å². The summed E-state index contributed by atoms with van der Waals surface area (Å²) in [6.07, 6.45) is 4.46. The van der Waals surface area contributed by atoms with Crippen molar-refractivity contribution < 1.29 is 9.90 Å². The molecule has 88 valence electrons. The molecule has 2 rings (SSSR count). The first kappa shape index (κ1) is 11.6. The van der Waals surface area contributed by atoms with Gasteiger partial charge >= 0.3 is 5.97 Å². The molecule has 18 heavy (non-hydrogen) atoms. The van der Waals surface area contributed by atoms with Crippen molar-refractivity contribution in [2.45, 2.75) is 0 Å². The number of nitriles is 1. The van der Waals surface area contributed by atoms with Gasteiger partial charge in [-0.1, -0.05) is 18.2 Å². The summed E-state index contributed by atoms with van der Waals surface area (Å²) >= 11 is 0. The van der Waals surface area contributed by atoms with Gasteiger partial charge in [-0.2, -0.15) is 10.4 Å². The molecule has 0 fully saturated rings. The zero-order chi connectivity index (χ0) is 13.0. The predicted molar refractivity (Wildman–Crippen MR) is 64.8 cm³/mol. The summed E-state index contributed by atoms with van der Waals surface area (Å²) in [5, 5.41) is 21.5. The van der Waals surface area contributed by atoms with Crippen LogP contribution in [0.25, 0.3) is 11.8 Å². The SMILES string of the molecule is N#CC(=Cc1cnn(-c2ccccc2)c1)C(=O)O. The Hall–Kier alpha value is -2.87. The fourth-order valence-corrected chi connectivity index (χ4v) is 1.44. The van der Waals surface area contributed by atoms with Crippen LogP contribution in [-0.2, 0) is 4.79 Å². The highest BCUT2D eigenvalue weighted by atomic mass is 16.4.